The number of aryl methyl sites for hydroxylation is 1. The Kier molecular flexibility index (Phi) is 4.18. The molecule has 7 nitrogen and oxygen atoms in total. The summed E-state index contributed by atoms with van der Waals surface area (Å²) in [6, 6.07) is 0. The van der Waals surface area contributed by atoms with Crippen LogP contribution < -0.4 is 5.73 Å². The standard InChI is InChI=1S/C7H11N7S3/c1-14-7(11-12-13-14)16-3-2-4(15)5-9-10-6(8)17-5/h4,15H,2-3H2,1H3,(H2,8,10). The summed E-state index contributed by atoms with van der Waals surface area (Å²) >= 11 is 7.43. The lowest BCUT2D eigenvalue weighted by Crippen LogP contribution is -1.96. The molecule has 2 aromatic heterocycles. The van der Waals surface area contributed by atoms with Crippen LogP contribution in [0.5, 0.6) is 0 Å². The summed E-state index contributed by atoms with van der Waals surface area (Å²) in [6.45, 7) is 0. The summed E-state index contributed by atoms with van der Waals surface area (Å²) in [5.74, 6) is 0.863. The molecule has 0 spiro atoms. The summed E-state index contributed by atoms with van der Waals surface area (Å²) in [6.07, 6.45) is 0.856. The van der Waals surface area contributed by atoms with Gasteiger partial charge in [-0.15, -0.1) is 15.3 Å². The predicted molar refractivity (Wildman–Crippen MR) is 70.2 cm³/mol. The van der Waals surface area contributed by atoms with Gasteiger partial charge in [-0.25, -0.2) is 4.68 Å². The molecule has 0 saturated heterocycles. The van der Waals surface area contributed by atoms with Gasteiger partial charge in [0.05, 0.1) is 5.25 Å². The molecule has 2 N–H and O–H groups in total. The van der Waals surface area contributed by atoms with Crippen LogP contribution in [0.1, 0.15) is 16.7 Å². The molecule has 0 radical (unpaired) electrons. The molecule has 17 heavy (non-hydrogen) atoms. The smallest absolute Gasteiger partial charge is 0.209 e. The van der Waals surface area contributed by atoms with Gasteiger partial charge in [0.1, 0.15) is 5.01 Å². The highest BCUT2D eigenvalue weighted by molar-refractivity contribution is 7.99. The van der Waals surface area contributed by atoms with E-state index in [9.17, 15) is 0 Å². The maximum absolute atomic E-state index is 5.52. The molecular formula is C7H11N7S3. The van der Waals surface area contributed by atoms with Gasteiger partial charge in [0, 0.05) is 12.8 Å². The van der Waals surface area contributed by atoms with E-state index >= 15 is 0 Å². The SMILES string of the molecule is Cn1nnnc1SCCC(S)c1nnc(N)s1. The largest absolute Gasteiger partial charge is 0.374 e. The molecule has 0 aliphatic rings. The van der Waals surface area contributed by atoms with Crippen LogP contribution in [0.2, 0.25) is 0 Å². The van der Waals surface area contributed by atoms with E-state index in [-0.39, 0.29) is 5.25 Å². The molecule has 0 aliphatic carbocycles. The van der Waals surface area contributed by atoms with Crippen molar-refractivity contribution in [1.82, 2.24) is 30.4 Å². The molecule has 2 aromatic rings. The van der Waals surface area contributed by atoms with Crippen molar-refractivity contribution in [3.63, 3.8) is 0 Å². The van der Waals surface area contributed by atoms with Crippen molar-refractivity contribution in [3.05, 3.63) is 5.01 Å². The molecule has 1 atom stereocenters. The number of nitrogen functional groups attached to an aromatic ring is 1. The van der Waals surface area contributed by atoms with Crippen LogP contribution in [0.3, 0.4) is 0 Å². The van der Waals surface area contributed by atoms with Gasteiger partial charge in [0.2, 0.25) is 10.3 Å². The third kappa shape index (κ3) is 3.30. The Hall–Kier alpha value is -0.870. The number of thioether (sulfide) groups is 1. The van der Waals surface area contributed by atoms with E-state index in [1.54, 1.807) is 16.4 Å². The number of rotatable bonds is 5. The Labute approximate surface area is 112 Å². The number of anilines is 1. The zero-order valence-corrected chi connectivity index (χ0v) is 11.5. The fraction of sp³-hybridized carbons (Fsp3) is 0.571. The van der Waals surface area contributed by atoms with Gasteiger partial charge >= 0.3 is 0 Å². The van der Waals surface area contributed by atoms with Crippen molar-refractivity contribution in [2.45, 2.75) is 16.8 Å². The zero-order valence-electron chi connectivity index (χ0n) is 9.02. The fourth-order valence-electron chi connectivity index (χ4n) is 1.11. The van der Waals surface area contributed by atoms with Crippen molar-refractivity contribution < 1.29 is 0 Å². The normalized spacial score (nSPS) is 12.8. The van der Waals surface area contributed by atoms with Crippen LogP contribution >= 0.6 is 35.7 Å². The Morgan fingerprint density at radius 1 is 1.47 bits per heavy atom. The van der Waals surface area contributed by atoms with Crippen LogP contribution in [-0.2, 0) is 7.05 Å². The van der Waals surface area contributed by atoms with Crippen molar-refractivity contribution in [1.29, 1.82) is 0 Å². The maximum atomic E-state index is 5.52. The maximum Gasteiger partial charge on any atom is 0.209 e. The third-order valence-electron chi connectivity index (χ3n) is 1.95. The van der Waals surface area contributed by atoms with Crippen LogP contribution in [0.4, 0.5) is 5.13 Å². The van der Waals surface area contributed by atoms with E-state index in [1.807, 2.05) is 7.05 Å². The number of aromatic nitrogens is 6. The zero-order chi connectivity index (χ0) is 12.3. The van der Waals surface area contributed by atoms with Gasteiger partial charge in [-0.05, 0) is 16.8 Å². The molecule has 0 aliphatic heterocycles. The summed E-state index contributed by atoms with van der Waals surface area (Å²) in [5.41, 5.74) is 5.52. The fourth-order valence-corrected chi connectivity index (χ4v) is 3.11. The van der Waals surface area contributed by atoms with Gasteiger partial charge in [0.25, 0.3) is 0 Å². The molecule has 0 bridgehead atoms. The number of thiol groups is 1. The first-order chi connectivity index (χ1) is 8.16. The highest BCUT2D eigenvalue weighted by Gasteiger charge is 2.12. The molecule has 1 unspecified atom stereocenters. The second-order valence-corrected chi connectivity index (χ2v) is 5.94. The van der Waals surface area contributed by atoms with Crippen molar-refractivity contribution in [3.8, 4) is 0 Å². The van der Waals surface area contributed by atoms with E-state index in [0.29, 0.717) is 5.13 Å². The first-order valence-corrected chi connectivity index (χ1v) is 7.10. The molecule has 0 saturated carbocycles. The Morgan fingerprint density at radius 3 is 2.88 bits per heavy atom. The quantitative estimate of drug-likeness (QED) is 0.621. The topological polar surface area (TPSA) is 95.4 Å². The first-order valence-electron chi connectivity index (χ1n) is 4.79. The van der Waals surface area contributed by atoms with Gasteiger partial charge in [-0.2, -0.15) is 12.6 Å². The minimum absolute atomic E-state index is 0.0542. The van der Waals surface area contributed by atoms with E-state index in [4.69, 9.17) is 5.73 Å². The first kappa shape index (κ1) is 12.6. The molecular weight excluding hydrogens is 278 g/mol. The molecule has 92 valence electrons. The lowest BCUT2D eigenvalue weighted by atomic mass is 10.3. The molecule has 2 heterocycles. The van der Waals surface area contributed by atoms with Crippen molar-refractivity contribution in [2.24, 2.45) is 7.05 Å². The van der Waals surface area contributed by atoms with E-state index in [1.165, 1.54) is 11.3 Å². The van der Waals surface area contributed by atoms with Crippen molar-refractivity contribution in [2.75, 3.05) is 11.5 Å². The van der Waals surface area contributed by atoms with Gasteiger partial charge in [0.15, 0.2) is 0 Å². The van der Waals surface area contributed by atoms with E-state index < -0.39 is 0 Å². The van der Waals surface area contributed by atoms with E-state index in [0.717, 1.165) is 22.3 Å². The minimum atomic E-state index is 0.0542. The molecule has 0 amide bonds. The number of tetrazole rings is 1. The minimum Gasteiger partial charge on any atom is -0.374 e. The molecule has 2 rings (SSSR count). The van der Waals surface area contributed by atoms with E-state index in [2.05, 4.69) is 38.4 Å². The summed E-state index contributed by atoms with van der Waals surface area (Å²) < 4.78 is 1.64. The van der Waals surface area contributed by atoms with Crippen LogP contribution in [-0.4, -0.2) is 36.2 Å². The third-order valence-corrected chi connectivity index (χ3v) is 4.53. The number of hydrogen-bond acceptors (Lipinski definition) is 9. The number of nitrogens with zero attached hydrogens (tertiary/aromatic N) is 6. The van der Waals surface area contributed by atoms with Crippen LogP contribution in [0, 0.1) is 0 Å². The average molecular weight is 289 g/mol. The monoisotopic (exact) mass is 289 g/mol. The highest BCUT2D eigenvalue weighted by atomic mass is 32.2. The number of nitrogens with two attached hydrogens (primary N) is 1. The summed E-state index contributed by atoms with van der Waals surface area (Å²) in [4.78, 5) is 0. The molecule has 0 aromatic carbocycles. The van der Waals surface area contributed by atoms with Gasteiger partial charge in [-0.1, -0.05) is 23.1 Å². The lowest BCUT2D eigenvalue weighted by Gasteiger charge is -2.05. The molecule has 10 heteroatoms. The summed E-state index contributed by atoms with van der Waals surface area (Å²) in [7, 11) is 1.81. The average Bonchev–Trinajstić information content (AvgIpc) is 2.88. The number of hydrogen-bond donors (Lipinski definition) is 2. The van der Waals surface area contributed by atoms with Crippen LogP contribution in [0.25, 0.3) is 0 Å². The summed E-state index contributed by atoms with van der Waals surface area (Å²) in [5, 5.41) is 21.1. The predicted octanol–water partition coefficient (Wildman–Crippen LogP) is 0.797. The second-order valence-electron chi connectivity index (χ2n) is 3.22. The highest BCUT2D eigenvalue weighted by Crippen LogP contribution is 2.29. The van der Waals surface area contributed by atoms with Crippen LogP contribution in [0.15, 0.2) is 5.16 Å². The Morgan fingerprint density at radius 2 is 2.29 bits per heavy atom. The Bertz CT molecular complexity index is 481. The lowest BCUT2D eigenvalue weighted by molar-refractivity contribution is 0.664. The second kappa shape index (κ2) is 5.65. The van der Waals surface area contributed by atoms with Crippen molar-refractivity contribution >= 4 is 40.9 Å². The van der Waals surface area contributed by atoms with Gasteiger partial charge in [-0.3, -0.25) is 0 Å². The Balaban J connectivity index is 1.81. The molecule has 0 fully saturated rings. The van der Waals surface area contributed by atoms with Gasteiger partial charge < -0.3 is 5.73 Å².